The minimum Gasteiger partial charge on any atom is -0.497 e. The Morgan fingerprint density at radius 1 is 1.23 bits per heavy atom. The molecule has 0 bridgehead atoms. The number of aliphatic hydroxyl groups is 1. The molecule has 0 amide bonds. The average Bonchev–Trinajstić information content (AvgIpc) is 2.63. The number of benzene rings is 1. The molecule has 0 aliphatic carbocycles. The fourth-order valence-electron chi connectivity index (χ4n) is 3.03. The molecule has 3 rings (SSSR count). The van der Waals surface area contributed by atoms with Crippen LogP contribution in [0.5, 0.6) is 11.5 Å². The Hall–Kier alpha value is -2.07. The lowest BCUT2D eigenvalue weighted by atomic mass is 9.76. The van der Waals surface area contributed by atoms with Crippen molar-refractivity contribution in [3.05, 3.63) is 53.9 Å². The number of fused-ring (bicyclic) bond motifs is 1. The van der Waals surface area contributed by atoms with Gasteiger partial charge in [0.2, 0.25) is 0 Å². The van der Waals surface area contributed by atoms with Gasteiger partial charge in [-0.3, -0.25) is 4.98 Å². The summed E-state index contributed by atoms with van der Waals surface area (Å²) in [6.07, 6.45) is 2.23. The lowest BCUT2D eigenvalue weighted by molar-refractivity contribution is 0.0264. The molecule has 0 saturated heterocycles. The summed E-state index contributed by atoms with van der Waals surface area (Å²) < 4.78 is 11.3. The summed E-state index contributed by atoms with van der Waals surface area (Å²) in [4.78, 5) is 4.39. The van der Waals surface area contributed by atoms with Crippen molar-refractivity contribution in [1.82, 2.24) is 4.98 Å². The van der Waals surface area contributed by atoms with E-state index in [2.05, 4.69) is 18.8 Å². The van der Waals surface area contributed by atoms with Gasteiger partial charge in [0.1, 0.15) is 17.1 Å². The van der Waals surface area contributed by atoms with Crippen molar-refractivity contribution in [3.8, 4) is 11.5 Å². The molecule has 22 heavy (non-hydrogen) atoms. The van der Waals surface area contributed by atoms with Crippen LogP contribution >= 0.6 is 0 Å². The van der Waals surface area contributed by atoms with Crippen LogP contribution in [0.4, 0.5) is 0 Å². The van der Waals surface area contributed by atoms with Crippen LogP contribution in [0.2, 0.25) is 0 Å². The third kappa shape index (κ3) is 2.55. The number of pyridine rings is 1. The molecule has 4 heteroatoms. The lowest BCUT2D eigenvalue weighted by Crippen LogP contribution is -2.34. The van der Waals surface area contributed by atoms with Gasteiger partial charge >= 0.3 is 0 Å². The molecule has 1 aliphatic heterocycles. The number of rotatable bonds is 2. The predicted octanol–water partition coefficient (Wildman–Crippen LogP) is 3.13. The molecule has 1 aliphatic rings. The van der Waals surface area contributed by atoms with Crippen LogP contribution in [0, 0.1) is 5.41 Å². The van der Waals surface area contributed by atoms with E-state index in [1.807, 2.05) is 36.4 Å². The van der Waals surface area contributed by atoms with Crippen molar-refractivity contribution in [2.24, 2.45) is 5.41 Å². The van der Waals surface area contributed by atoms with Gasteiger partial charge in [-0.2, -0.15) is 0 Å². The van der Waals surface area contributed by atoms with E-state index < -0.39 is 5.60 Å². The Bertz CT molecular complexity index is 669. The van der Waals surface area contributed by atoms with Gasteiger partial charge in [-0.1, -0.05) is 19.9 Å². The summed E-state index contributed by atoms with van der Waals surface area (Å²) >= 11 is 0. The Labute approximate surface area is 130 Å². The van der Waals surface area contributed by atoms with E-state index in [9.17, 15) is 5.11 Å². The van der Waals surface area contributed by atoms with Gasteiger partial charge in [0.25, 0.3) is 0 Å². The maximum atomic E-state index is 11.5. The smallest absolute Gasteiger partial charge is 0.136 e. The second-order valence-electron chi connectivity index (χ2n) is 6.57. The summed E-state index contributed by atoms with van der Waals surface area (Å²) in [5.74, 6) is 1.37. The zero-order valence-electron chi connectivity index (χ0n) is 13.2. The van der Waals surface area contributed by atoms with E-state index in [-0.39, 0.29) is 5.41 Å². The van der Waals surface area contributed by atoms with Crippen LogP contribution in [-0.4, -0.2) is 23.8 Å². The number of ether oxygens (including phenoxy) is 2. The Balaban J connectivity index is 2.22. The predicted molar refractivity (Wildman–Crippen MR) is 84.1 cm³/mol. The van der Waals surface area contributed by atoms with Crippen LogP contribution in [0.25, 0.3) is 0 Å². The van der Waals surface area contributed by atoms with Crippen molar-refractivity contribution in [2.75, 3.05) is 13.7 Å². The summed E-state index contributed by atoms with van der Waals surface area (Å²) in [5.41, 5.74) is -0.0527. The van der Waals surface area contributed by atoms with Gasteiger partial charge < -0.3 is 14.6 Å². The average molecular weight is 299 g/mol. The molecule has 1 atom stereocenters. The minimum absolute atomic E-state index is 0.182. The second-order valence-corrected chi connectivity index (χ2v) is 6.57. The SMILES string of the molecule is COc1ccc2c(c1)C(O)(c1ccccn1)CC(C)(C)CO2. The molecule has 1 N–H and O–H groups in total. The highest BCUT2D eigenvalue weighted by atomic mass is 16.5. The molecule has 0 saturated carbocycles. The second kappa shape index (κ2) is 5.29. The Morgan fingerprint density at radius 2 is 2.05 bits per heavy atom. The Kier molecular flexibility index (Phi) is 3.57. The largest absolute Gasteiger partial charge is 0.497 e. The van der Waals surface area contributed by atoms with Crippen LogP contribution in [0.1, 0.15) is 31.5 Å². The van der Waals surface area contributed by atoms with Crippen molar-refractivity contribution < 1.29 is 14.6 Å². The molecule has 116 valence electrons. The summed E-state index contributed by atoms with van der Waals surface area (Å²) in [6, 6.07) is 11.1. The van der Waals surface area contributed by atoms with Crippen molar-refractivity contribution in [3.63, 3.8) is 0 Å². The quantitative estimate of drug-likeness (QED) is 0.925. The van der Waals surface area contributed by atoms with E-state index >= 15 is 0 Å². The van der Waals surface area contributed by atoms with Crippen molar-refractivity contribution in [2.45, 2.75) is 25.9 Å². The summed E-state index contributed by atoms with van der Waals surface area (Å²) in [5, 5.41) is 11.5. The van der Waals surface area contributed by atoms with Crippen LogP contribution < -0.4 is 9.47 Å². The van der Waals surface area contributed by atoms with Crippen LogP contribution in [0.3, 0.4) is 0 Å². The van der Waals surface area contributed by atoms with E-state index in [0.717, 1.165) is 0 Å². The normalized spacial score (nSPS) is 23.1. The highest BCUT2D eigenvalue weighted by Crippen LogP contribution is 2.46. The maximum absolute atomic E-state index is 11.5. The summed E-state index contributed by atoms with van der Waals surface area (Å²) in [6.45, 7) is 4.72. The molecule has 1 aromatic heterocycles. The molecular weight excluding hydrogens is 278 g/mol. The summed E-state index contributed by atoms with van der Waals surface area (Å²) in [7, 11) is 1.61. The first-order chi connectivity index (χ1) is 10.4. The number of methoxy groups -OCH3 is 1. The topological polar surface area (TPSA) is 51.6 Å². The third-order valence-electron chi connectivity index (χ3n) is 4.07. The van der Waals surface area contributed by atoms with E-state index in [4.69, 9.17) is 9.47 Å². The monoisotopic (exact) mass is 299 g/mol. The fraction of sp³-hybridized carbons (Fsp3) is 0.389. The van der Waals surface area contributed by atoms with E-state index in [0.29, 0.717) is 35.8 Å². The van der Waals surface area contributed by atoms with Gasteiger partial charge in [-0.15, -0.1) is 0 Å². The minimum atomic E-state index is -1.20. The molecule has 4 nitrogen and oxygen atoms in total. The molecular formula is C18H21NO3. The van der Waals surface area contributed by atoms with Crippen LogP contribution in [-0.2, 0) is 5.60 Å². The van der Waals surface area contributed by atoms with Crippen molar-refractivity contribution >= 4 is 0 Å². The molecule has 1 aromatic carbocycles. The molecule has 0 fully saturated rings. The van der Waals surface area contributed by atoms with Gasteiger partial charge in [-0.05, 0) is 36.8 Å². The van der Waals surface area contributed by atoms with Gasteiger partial charge in [0, 0.05) is 17.2 Å². The number of hydrogen-bond acceptors (Lipinski definition) is 4. The molecule has 0 radical (unpaired) electrons. The number of hydrogen-bond donors (Lipinski definition) is 1. The highest BCUT2D eigenvalue weighted by molar-refractivity contribution is 5.48. The third-order valence-corrected chi connectivity index (χ3v) is 4.07. The first kappa shape index (κ1) is 14.9. The molecule has 2 heterocycles. The Morgan fingerprint density at radius 3 is 2.73 bits per heavy atom. The number of aromatic nitrogens is 1. The number of nitrogens with zero attached hydrogens (tertiary/aromatic N) is 1. The molecule has 2 aromatic rings. The van der Waals surface area contributed by atoms with Crippen LogP contribution in [0.15, 0.2) is 42.6 Å². The maximum Gasteiger partial charge on any atom is 0.136 e. The zero-order valence-corrected chi connectivity index (χ0v) is 13.2. The highest BCUT2D eigenvalue weighted by Gasteiger charge is 2.43. The van der Waals surface area contributed by atoms with E-state index in [1.165, 1.54) is 0 Å². The van der Waals surface area contributed by atoms with Crippen molar-refractivity contribution in [1.29, 1.82) is 0 Å². The molecule has 1 unspecified atom stereocenters. The first-order valence-corrected chi connectivity index (χ1v) is 7.40. The van der Waals surface area contributed by atoms with E-state index in [1.54, 1.807) is 13.3 Å². The molecule has 0 spiro atoms. The standard InChI is InChI=1S/C18H21NO3/c1-17(2)11-18(20,16-6-4-5-9-19-16)14-10-13(21-3)7-8-15(14)22-12-17/h4-10,20H,11-12H2,1-3H3. The fourth-order valence-corrected chi connectivity index (χ4v) is 3.03. The van der Waals surface area contributed by atoms with Gasteiger partial charge in [0.05, 0.1) is 19.4 Å². The van der Waals surface area contributed by atoms with Gasteiger partial charge in [0.15, 0.2) is 0 Å². The first-order valence-electron chi connectivity index (χ1n) is 7.40. The lowest BCUT2D eigenvalue weighted by Gasteiger charge is -2.32. The van der Waals surface area contributed by atoms with Gasteiger partial charge in [-0.25, -0.2) is 0 Å². The zero-order chi connectivity index (χ0) is 15.8.